The Morgan fingerprint density at radius 1 is 1.12 bits per heavy atom. The summed E-state index contributed by atoms with van der Waals surface area (Å²) >= 11 is 0. The van der Waals surface area contributed by atoms with Crippen molar-refractivity contribution in [1.29, 1.82) is 0 Å². The first kappa shape index (κ1) is 16.0. The van der Waals surface area contributed by atoms with Gasteiger partial charge in [0.25, 0.3) is 5.91 Å². The maximum atomic E-state index is 12.3. The van der Waals surface area contributed by atoms with Crippen LogP contribution in [0.3, 0.4) is 0 Å². The highest BCUT2D eigenvalue weighted by Gasteiger charge is 2.11. The van der Waals surface area contributed by atoms with Crippen molar-refractivity contribution in [2.24, 2.45) is 0 Å². The summed E-state index contributed by atoms with van der Waals surface area (Å²) in [6.45, 7) is 2.67. The SMILES string of the molecule is COc1ccc2nc(C(=O)NC[C@@H](C)c3ccccc3)ccc2c1. The third-order valence-electron chi connectivity index (χ3n) is 4.07. The smallest absolute Gasteiger partial charge is 0.269 e. The van der Waals surface area contributed by atoms with Crippen LogP contribution in [0.2, 0.25) is 0 Å². The van der Waals surface area contributed by atoms with E-state index in [2.05, 4.69) is 29.4 Å². The fourth-order valence-corrected chi connectivity index (χ4v) is 2.59. The monoisotopic (exact) mass is 320 g/mol. The second-order valence-corrected chi connectivity index (χ2v) is 5.78. The van der Waals surface area contributed by atoms with E-state index in [0.717, 1.165) is 16.7 Å². The van der Waals surface area contributed by atoms with Gasteiger partial charge < -0.3 is 10.1 Å². The van der Waals surface area contributed by atoms with Gasteiger partial charge in [0.1, 0.15) is 11.4 Å². The molecule has 0 radical (unpaired) electrons. The van der Waals surface area contributed by atoms with E-state index in [1.54, 1.807) is 13.2 Å². The number of hydrogen-bond donors (Lipinski definition) is 1. The van der Waals surface area contributed by atoms with Crippen molar-refractivity contribution in [2.75, 3.05) is 13.7 Å². The first-order valence-corrected chi connectivity index (χ1v) is 7.95. The van der Waals surface area contributed by atoms with E-state index >= 15 is 0 Å². The van der Waals surface area contributed by atoms with Crippen molar-refractivity contribution in [2.45, 2.75) is 12.8 Å². The number of fused-ring (bicyclic) bond motifs is 1. The predicted octanol–water partition coefficient (Wildman–Crippen LogP) is 3.78. The lowest BCUT2D eigenvalue weighted by atomic mass is 10.0. The average molecular weight is 320 g/mol. The van der Waals surface area contributed by atoms with Crippen molar-refractivity contribution in [3.8, 4) is 5.75 Å². The molecule has 2 aromatic carbocycles. The van der Waals surface area contributed by atoms with Crippen LogP contribution in [-0.2, 0) is 0 Å². The number of benzene rings is 2. The summed E-state index contributed by atoms with van der Waals surface area (Å²) in [5.41, 5.74) is 2.41. The summed E-state index contributed by atoms with van der Waals surface area (Å²) in [5.74, 6) is 0.869. The standard InChI is InChI=1S/C20H20N2O2/c1-14(15-6-4-3-5-7-15)13-21-20(23)19-10-8-16-12-17(24-2)9-11-18(16)22-19/h3-12,14H,13H2,1-2H3,(H,21,23)/t14-/m1/s1. The molecule has 4 nitrogen and oxygen atoms in total. The molecule has 0 saturated carbocycles. The molecule has 3 aromatic rings. The van der Waals surface area contributed by atoms with E-state index in [1.165, 1.54) is 5.56 Å². The molecule has 0 fully saturated rings. The summed E-state index contributed by atoms with van der Waals surface area (Å²) in [6, 6.07) is 19.4. The van der Waals surface area contributed by atoms with Gasteiger partial charge >= 0.3 is 0 Å². The van der Waals surface area contributed by atoms with Gasteiger partial charge in [-0.25, -0.2) is 4.98 Å². The van der Waals surface area contributed by atoms with Gasteiger partial charge in [-0.05, 0) is 35.7 Å². The van der Waals surface area contributed by atoms with Crippen molar-refractivity contribution < 1.29 is 9.53 Å². The number of rotatable bonds is 5. The van der Waals surface area contributed by atoms with Gasteiger partial charge in [-0.3, -0.25) is 4.79 Å². The van der Waals surface area contributed by atoms with Gasteiger partial charge in [-0.2, -0.15) is 0 Å². The zero-order valence-electron chi connectivity index (χ0n) is 13.8. The highest BCUT2D eigenvalue weighted by molar-refractivity contribution is 5.95. The van der Waals surface area contributed by atoms with E-state index < -0.39 is 0 Å². The van der Waals surface area contributed by atoms with Crippen LogP contribution in [0.15, 0.2) is 60.7 Å². The minimum absolute atomic E-state index is 0.157. The third-order valence-corrected chi connectivity index (χ3v) is 4.07. The number of methoxy groups -OCH3 is 1. The van der Waals surface area contributed by atoms with Crippen LogP contribution in [0.4, 0.5) is 0 Å². The molecule has 0 aliphatic carbocycles. The Bertz CT molecular complexity index is 847. The molecule has 3 rings (SSSR count). The number of pyridine rings is 1. The Kier molecular flexibility index (Phi) is 4.75. The summed E-state index contributed by atoms with van der Waals surface area (Å²) in [6.07, 6.45) is 0. The van der Waals surface area contributed by atoms with Crippen molar-refractivity contribution in [3.05, 3.63) is 71.9 Å². The van der Waals surface area contributed by atoms with E-state index in [0.29, 0.717) is 12.2 Å². The molecule has 1 atom stereocenters. The first-order chi connectivity index (χ1) is 11.7. The number of carbonyl (C=O) groups is 1. The minimum atomic E-state index is -0.157. The Balaban J connectivity index is 1.69. The van der Waals surface area contributed by atoms with Crippen LogP contribution in [0.25, 0.3) is 10.9 Å². The number of amides is 1. The lowest BCUT2D eigenvalue weighted by Gasteiger charge is -2.13. The van der Waals surface area contributed by atoms with E-state index in [9.17, 15) is 4.79 Å². The zero-order valence-corrected chi connectivity index (χ0v) is 13.8. The molecular formula is C20H20N2O2. The Hall–Kier alpha value is -2.88. The molecule has 1 N–H and O–H groups in total. The first-order valence-electron chi connectivity index (χ1n) is 7.95. The number of nitrogens with zero attached hydrogens (tertiary/aromatic N) is 1. The minimum Gasteiger partial charge on any atom is -0.497 e. The van der Waals surface area contributed by atoms with Gasteiger partial charge in [-0.15, -0.1) is 0 Å². The average Bonchev–Trinajstić information content (AvgIpc) is 2.65. The molecule has 0 aliphatic rings. The number of ether oxygens (including phenoxy) is 1. The number of aromatic nitrogens is 1. The van der Waals surface area contributed by atoms with Gasteiger partial charge in [-0.1, -0.05) is 43.3 Å². The van der Waals surface area contributed by atoms with Crippen LogP contribution in [0.1, 0.15) is 28.9 Å². The summed E-state index contributed by atoms with van der Waals surface area (Å²) in [5, 5.41) is 3.91. The highest BCUT2D eigenvalue weighted by Crippen LogP contribution is 2.19. The van der Waals surface area contributed by atoms with E-state index in [1.807, 2.05) is 42.5 Å². The molecule has 1 aromatic heterocycles. The van der Waals surface area contributed by atoms with Gasteiger partial charge in [0, 0.05) is 11.9 Å². The maximum Gasteiger partial charge on any atom is 0.269 e. The second-order valence-electron chi connectivity index (χ2n) is 5.78. The molecule has 0 saturated heterocycles. The van der Waals surface area contributed by atoms with Gasteiger partial charge in [0.2, 0.25) is 0 Å². The van der Waals surface area contributed by atoms with Crippen LogP contribution in [0, 0.1) is 0 Å². The Labute approximate surface area is 141 Å². The topological polar surface area (TPSA) is 51.2 Å². The van der Waals surface area contributed by atoms with Crippen LogP contribution in [-0.4, -0.2) is 24.5 Å². The lowest BCUT2D eigenvalue weighted by molar-refractivity contribution is 0.0947. The van der Waals surface area contributed by atoms with Crippen LogP contribution >= 0.6 is 0 Å². The fourth-order valence-electron chi connectivity index (χ4n) is 2.59. The normalized spacial score (nSPS) is 11.9. The molecule has 1 heterocycles. The fraction of sp³-hybridized carbons (Fsp3) is 0.200. The second kappa shape index (κ2) is 7.13. The summed E-state index contributed by atoms with van der Waals surface area (Å²) in [7, 11) is 1.63. The van der Waals surface area contributed by atoms with Crippen molar-refractivity contribution >= 4 is 16.8 Å². The predicted molar refractivity (Wildman–Crippen MR) is 95.5 cm³/mol. The van der Waals surface area contributed by atoms with Crippen molar-refractivity contribution in [3.63, 3.8) is 0 Å². The van der Waals surface area contributed by atoms with Crippen molar-refractivity contribution in [1.82, 2.24) is 10.3 Å². The molecule has 0 bridgehead atoms. The zero-order chi connectivity index (χ0) is 16.9. The van der Waals surface area contributed by atoms with Crippen LogP contribution in [0.5, 0.6) is 5.75 Å². The maximum absolute atomic E-state index is 12.3. The molecule has 122 valence electrons. The molecule has 4 heteroatoms. The molecule has 1 amide bonds. The number of carbonyl (C=O) groups excluding carboxylic acids is 1. The molecular weight excluding hydrogens is 300 g/mol. The van der Waals surface area contributed by atoms with E-state index in [-0.39, 0.29) is 11.8 Å². The van der Waals surface area contributed by atoms with Gasteiger partial charge in [0.15, 0.2) is 0 Å². The summed E-state index contributed by atoms with van der Waals surface area (Å²) < 4.78 is 5.20. The molecule has 0 spiro atoms. The molecule has 24 heavy (non-hydrogen) atoms. The Morgan fingerprint density at radius 2 is 1.92 bits per heavy atom. The summed E-state index contributed by atoms with van der Waals surface area (Å²) in [4.78, 5) is 16.8. The highest BCUT2D eigenvalue weighted by atomic mass is 16.5. The number of nitrogens with one attached hydrogen (secondary N) is 1. The molecule has 0 aliphatic heterocycles. The van der Waals surface area contributed by atoms with Crippen LogP contribution < -0.4 is 10.1 Å². The quantitative estimate of drug-likeness (QED) is 0.778. The van der Waals surface area contributed by atoms with E-state index in [4.69, 9.17) is 4.74 Å². The number of hydrogen-bond acceptors (Lipinski definition) is 3. The largest absolute Gasteiger partial charge is 0.497 e. The Morgan fingerprint density at radius 3 is 2.67 bits per heavy atom. The third kappa shape index (κ3) is 3.54. The molecule has 0 unspecified atom stereocenters. The lowest BCUT2D eigenvalue weighted by Crippen LogP contribution is -2.28. The van der Waals surface area contributed by atoms with Gasteiger partial charge in [0.05, 0.1) is 12.6 Å².